The molecule has 6 nitrogen and oxygen atoms in total. The molecule has 0 fully saturated rings. The Morgan fingerprint density at radius 2 is 1.72 bits per heavy atom. The fraction of sp³-hybridized carbons (Fsp3) is 0. The Bertz CT molecular complexity index is 882. The second kappa shape index (κ2) is 7.59. The molecule has 7 heteroatoms. The molecule has 0 aliphatic rings. The van der Waals surface area contributed by atoms with Crippen LogP contribution in [0.5, 0.6) is 0 Å². The summed E-state index contributed by atoms with van der Waals surface area (Å²) >= 11 is 1.51. The number of carbonyl (C=O) groups is 1. The molecule has 2 aromatic carbocycles. The number of amides is 1. The van der Waals surface area contributed by atoms with Crippen molar-refractivity contribution in [3.05, 3.63) is 88.6 Å². The zero-order valence-corrected chi connectivity index (χ0v) is 13.8. The van der Waals surface area contributed by atoms with Gasteiger partial charge >= 0.3 is 0 Å². The highest BCUT2D eigenvalue weighted by Gasteiger charge is 2.09. The summed E-state index contributed by atoms with van der Waals surface area (Å²) in [4.78, 5) is 27.6. The molecule has 3 aromatic rings. The van der Waals surface area contributed by atoms with Crippen molar-refractivity contribution >= 4 is 29.0 Å². The Balaban J connectivity index is 1.65. The summed E-state index contributed by atoms with van der Waals surface area (Å²) in [5.74, 6) is -0.275. The molecule has 1 amide bonds. The van der Waals surface area contributed by atoms with E-state index in [1.807, 2.05) is 30.3 Å². The first-order valence-corrected chi connectivity index (χ1v) is 8.18. The average molecular weight is 351 g/mol. The van der Waals surface area contributed by atoms with Crippen LogP contribution < -0.4 is 5.32 Å². The van der Waals surface area contributed by atoms with Gasteiger partial charge in [0, 0.05) is 34.5 Å². The normalized spacial score (nSPS) is 10.2. The quantitative estimate of drug-likeness (QED) is 0.544. The Kier molecular flexibility index (Phi) is 5.06. The summed E-state index contributed by atoms with van der Waals surface area (Å²) in [5.41, 5.74) is 0.986. The predicted molar refractivity (Wildman–Crippen MR) is 95.9 cm³/mol. The second-order valence-electron chi connectivity index (χ2n) is 5.05. The van der Waals surface area contributed by atoms with Crippen molar-refractivity contribution in [1.29, 1.82) is 0 Å². The monoisotopic (exact) mass is 351 g/mol. The summed E-state index contributed by atoms with van der Waals surface area (Å²) in [6.07, 6.45) is 1.73. The van der Waals surface area contributed by atoms with Crippen molar-refractivity contribution in [3.8, 4) is 0 Å². The minimum Gasteiger partial charge on any atom is -0.322 e. The minimum absolute atomic E-state index is 0.0195. The second-order valence-corrected chi connectivity index (χ2v) is 6.15. The molecule has 0 aliphatic carbocycles. The van der Waals surface area contributed by atoms with E-state index in [4.69, 9.17) is 0 Å². The lowest BCUT2D eigenvalue weighted by Crippen LogP contribution is -2.11. The summed E-state index contributed by atoms with van der Waals surface area (Å²) in [6, 6.07) is 18.6. The van der Waals surface area contributed by atoms with Gasteiger partial charge in [-0.25, -0.2) is 4.98 Å². The topological polar surface area (TPSA) is 85.1 Å². The molecule has 3 rings (SSSR count). The number of aromatic nitrogens is 1. The van der Waals surface area contributed by atoms with Crippen molar-refractivity contribution in [2.24, 2.45) is 0 Å². The summed E-state index contributed by atoms with van der Waals surface area (Å²) < 4.78 is 0. The number of benzene rings is 2. The van der Waals surface area contributed by atoms with Crippen LogP contribution in [-0.2, 0) is 0 Å². The number of hydrogen-bond donors (Lipinski definition) is 1. The number of rotatable bonds is 5. The van der Waals surface area contributed by atoms with Gasteiger partial charge < -0.3 is 5.32 Å². The lowest BCUT2D eigenvalue weighted by atomic mass is 10.2. The molecule has 0 saturated heterocycles. The standard InChI is InChI=1S/C18H13N3O3S/c22-18(20-14-6-8-15(9-7-14)21(23)24)13-4-10-16(11-5-13)25-17-3-1-2-12-19-17/h1-12H,(H,20,22). The fourth-order valence-corrected chi connectivity index (χ4v) is 2.85. The van der Waals surface area contributed by atoms with Crippen LogP contribution in [0.25, 0.3) is 0 Å². The molecular formula is C18H13N3O3S. The lowest BCUT2D eigenvalue weighted by molar-refractivity contribution is -0.384. The predicted octanol–water partition coefficient (Wildman–Crippen LogP) is 4.39. The highest BCUT2D eigenvalue weighted by Crippen LogP contribution is 2.26. The van der Waals surface area contributed by atoms with Gasteiger partial charge in [0.05, 0.1) is 4.92 Å². The van der Waals surface area contributed by atoms with Gasteiger partial charge in [-0.1, -0.05) is 17.8 Å². The van der Waals surface area contributed by atoms with Crippen molar-refractivity contribution < 1.29 is 9.72 Å². The number of pyridine rings is 1. The first-order chi connectivity index (χ1) is 12.1. The van der Waals surface area contributed by atoms with E-state index in [2.05, 4.69) is 10.3 Å². The van der Waals surface area contributed by atoms with E-state index in [1.54, 1.807) is 18.3 Å². The number of hydrogen-bond acceptors (Lipinski definition) is 5. The van der Waals surface area contributed by atoms with Crippen LogP contribution >= 0.6 is 11.8 Å². The maximum absolute atomic E-state index is 12.2. The number of nitrogens with zero attached hydrogens (tertiary/aromatic N) is 2. The Hall–Kier alpha value is -3.19. The molecule has 1 aromatic heterocycles. The third-order valence-corrected chi connectivity index (χ3v) is 4.27. The smallest absolute Gasteiger partial charge is 0.269 e. The van der Waals surface area contributed by atoms with Crippen LogP contribution in [0.1, 0.15) is 10.4 Å². The molecule has 0 radical (unpaired) electrons. The van der Waals surface area contributed by atoms with Crippen LogP contribution in [0, 0.1) is 10.1 Å². The minimum atomic E-state index is -0.483. The Labute approximate surface area is 148 Å². The highest BCUT2D eigenvalue weighted by atomic mass is 32.2. The van der Waals surface area contributed by atoms with E-state index in [-0.39, 0.29) is 11.6 Å². The zero-order chi connectivity index (χ0) is 17.6. The Morgan fingerprint density at radius 3 is 2.32 bits per heavy atom. The van der Waals surface area contributed by atoms with Crippen LogP contribution in [0.4, 0.5) is 11.4 Å². The van der Waals surface area contributed by atoms with E-state index >= 15 is 0 Å². The molecule has 0 aliphatic heterocycles. The van der Waals surface area contributed by atoms with Gasteiger partial charge in [0.2, 0.25) is 0 Å². The summed E-state index contributed by atoms with van der Waals surface area (Å²) in [6.45, 7) is 0. The van der Waals surface area contributed by atoms with Crippen LogP contribution in [-0.4, -0.2) is 15.8 Å². The number of nitro groups is 1. The van der Waals surface area contributed by atoms with E-state index in [0.29, 0.717) is 11.3 Å². The first-order valence-electron chi connectivity index (χ1n) is 7.36. The largest absolute Gasteiger partial charge is 0.322 e. The van der Waals surface area contributed by atoms with E-state index < -0.39 is 4.92 Å². The van der Waals surface area contributed by atoms with Gasteiger partial charge in [-0.3, -0.25) is 14.9 Å². The van der Waals surface area contributed by atoms with Crippen molar-refractivity contribution in [3.63, 3.8) is 0 Å². The number of carbonyl (C=O) groups excluding carboxylic acids is 1. The number of anilines is 1. The molecule has 124 valence electrons. The van der Waals surface area contributed by atoms with E-state index in [0.717, 1.165) is 9.92 Å². The third kappa shape index (κ3) is 4.42. The van der Waals surface area contributed by atoms with Crippen LogP contribution in [0.3, 0.4) is 0 Å². The average Bonchev–Trinajstić information content (AvgIpc) is 2.63. The van der Waals surface area contributed by atoms with Gasteiger partial charge in [0.15, 0.2) is 0 Å². The number of non-ortho nitro benzene ring substituents is 1. The highest BCUT2D eigenvalue weighted by molar-refractivity contribution is 7.99. The van der Waals surface area contributed by atoms with Crippen LogP contribution in [0.15, 0.2) is 82.8 Å². The first kappa shape index (κ1) is 16.7. The van der Waals surface area contributed by atoms with Crippen molar-refractivity contribution in [2.75, 3.05) is 5.32 Å². The van der Waals surface area contributed by atoms with Crippen LogP contribution in [0.2, 0.25) is 0 Å². The molecule has 0 bridgehead atoms. The molecule has 0 atom stereocenters. The van der Waals surface area contributed by atoms with Crippen molar-refractivity contribution in [1.82, 2.24) is 4.98 Å². The Morgan fingerprint density at radius 1 is 1.00 bits per heavy atom. The maximum Gasteiger partial charge on any atom is 0.269 e. The summed E-state index contributed by atoms with van der Waals surface area (Å²) in [7, 11) is 0. The van der Waals surface area contributed by atoms with Gasteiger partial charge in [0.25, 0.3) is 11.6 Å². The zero-order valence-electron chi connectivity index (χ0n) is 13.0. The molecule has 0 spiro atoms. The lowest BCUT2D eigenvalue weighted by Gasteiger charge is -2.06. The molecule has 25 heavy (non-hydrogen) atoms. The third-order valence-electron chi connectivity index (χ3n) is 3.31. The van der Waals surface area contributed by atoms with E-state index in [9.17, 15) is 14.9 Å². The molecular weight excluding hydrogens is 338 g/mol. The molecule has 1 N–H and O–H groups in total. The fourth-order valence-electron chi connectivity index (χ4n) is 2.07. The SMILES string of the molecule is O=C(Nc1ccc([N+](=O)[O-])cc1)c1ccc(Sc2ccccn2)cc1. The molecule has 0 unspecified atom stereocenters. The van der Waals surface area contributed by atoms with Crippen molar-refractivity contribution in [2.45, 2.75) is 9.92 Å². The molecule has 0 saturated carbocycles. The van der Waals surface area contributed by atoms with Gasteiger partial charge in [-0.05, 0) is 48.5 Å². The van der Waals surface area contributed by atoms with Gasteiger partial charge in [-0.2, -0.15) is 0 Å². The van der Waals surface area contributed by atoms with Gasteiger partial charge in [0.1, 0.15) is 5.03 Å². The maximum atomic E-state index is 12.2. The molecule has 1 heterocycles. The van der Waals surface area contributed by atoms with Gasteiger partial charge in [-0.15, -0.1) is 0 Å². The summed E-state index contributed by atoms with van der Waals surface area (Å²) in [5, 5.41) is 14.2. The number of nitrogens with one attached hydrogen (secondary N) is 1. The number of nitro benzene ring substituents is 1. The van der Waals surface area contributed by atoms with E-state index in [1.165, 1.54) is 36.0 Å².